The minimum Gasteiger partial charge on any atom is -0.461 e. The maximum Gasteiger partial charge on any atom is 0.373 e. The van der Waals surface area contributed by atoms with Crippen LogP contribution < -0.4 is 0 Å². The van der Waals surface area contributed by atoms with E-state index in [1.54, 1.807) is 0 Å². The summed E-state index contributed by atoms with van der Waals surface area (Å²) < 4.78 is 5.30. The van der Waals surface area contributed by atoms with E-state index in [9.17, 15) is 4.79 Å². The van der Waals surface area contributed by atoms with E-state index in [2.05, 4.69) is 19.1 Å². The summed E-state index contributed by atoms with van der Waals surface area (Å²) in [7, 11) is 0. The summed E-state index contributed by atoms with van der Waals surface area (Å²) in [6.07, 6.45) is 1.61. The molecule has 0 radical (unpaired) electrons. The van der Waals surface area contributed by atoms with E-state index in [0.717, 1.165) is 12.0 Å². The van der Waals surface area contributed by atoms with Crippen molar-refractivity contribution in [3.05, 3.63) is 71.8 Å². The first kappa shape index (κ1) is 18.3. The van der Waals surface area contributed by atoms with Gasteiger partial charge in [-0.05, 0) is 23.5 Å². The van der Waals surface area contributed by atoms with Gasteiger partial charge in [0.15, 0.2) is 0 Å². The normalized spacial score (nSPS) is 10.7. The molecule has 23 heavy (non-hydrogen) atoms. The van der Waals surface area contributed by atoms with Gasteiger partial charge in [-0.2, -0.15) is 9.59 Å². The van der Waals surface area contributed by atoms with Crippen molar-refractivity contribution < 1.29 is 19.1 Å². The van der Waals surface area contributed by atoms with Crippen LogP contribution in [0.2, 0.25) is 0 Å². The maximum absolute atomic E-state index is 11.8. The molecular weight excluding hydrogens is 292 g/mol. The largest absolute Gasteiger partial charge is 0.461 e. The lowest BCUT2D eigenvalue weighted by Crippen LogP contribution is -2.11. The van der Waals surface area contributed by atoms with Crippen LogP contribution in [-0.2, 0) is 32.1 Å². The van der Waals surface area contributed by atoms with Crippen molar-refractivity contribution in [2.45, 2.75) is 26.4 Å². The van der Waals surface area contributed by atoms with Crippen molar-refractivity contribution in [3.8, 4) is 0 Å². The Bertz CT molecular complexity index is 602. The van der Waals surface area contributed by atoms with E-state index in [1.807, 2.05) is 48.5 Å². The molecule has 0 saturated carbocycles. The average Bonchev–Trinajstić information content (AvgIpc) is 2.55. The Kier molecular flexibility index (Phi) is 8.72. The fourth-order valence-corrected chi connectivity index (χ4v) is 2.17. The van der Waals surface area contributed by atoms with Crippen molar-refractivity contribution in [1.82, 2.24) is 0 Å². The molecule has 0 bridgehead atoms. The molecule has 2 rings (SSSR count). The molecule has 0 N–H and O–H groups in total. The molecule has 0 saturated heterocycles. The number of carbonyl (C=O) groups is 1. The highest BCUT2D eigenvalue weighted by atomic mass is 16.5. The molecule has 120 valence electrons. The summed E-state index contributed by atoms with van der Waals surface area (Å²) in [5.41, 5.74) is 2.28. The van der Waals surface area contributed by atoms with Crippen LogP contribution in [0, 0.1) is 5.92 Å². The Hall–Kier alpha value is -2.71. The van der Waals surface area contributed by atoms with E-state index < -0.39 is 0 Å². The van der Waals surface area contributed by atoms with Gasteiger partial charge in [0, 0.05) is 6.42 Å². The molecule has 2 aromatic carbocycles. The number of hydrogen-bond acceptors (Lipinski definition) is 4. The molecular formula is C19H20O4. The number of rotatable bonds is 6. The molecule has 4 heteroatoms. The fraction of sp³-hybridized carbons (Fsp3) is 0.263. The highest BCUT2D eigenvalue weighted by Crippen LogP contribution is 2.13. The van der Waals surface area contributed by atoms with Gasteiger partial charge in [0.2, 0.25) is 0 Å². The summed E-state index contributed by atoms with van der Waals surface area (Å²) >= 11 is 0. The summed E-state index contributed by atoms with van der Waals surface area (Å²) in [5.74, 6) is 0.165. The van der Waals surface area contributed by atoms with Crippen LogP contribution in [0.25, 0.3) is 0 Å². The second-order valence-electron chi connectivity index (χ2n) is 5.23. The first-order valence-corrected chi connectivity index (χ1v) is 7.38. The molecule has 0 amide bonds. The van der Waals surface area contributed by atoms with Gasteiger partial charge in [0.05, 0.1) is 0 Å². The molecule has 0 aromatic heterocycles. The van der Waals surface area contributed by atoms with Crippen LogP contribution in [0.1, 0.15) is 24.5 Å². The molecule has 1 atom stereocenters. The van der Waals surface area contributed by atoms with E-state index in [0.29, 0.717) is 18.9 Å². The number of ether oxygens (including phenoxy) is 1. The van der Waals surface area contributed by atoms with Gasteiger partial charge in [0.25, 0.3) is 0 Å². The predicted octanol–water partition coefficient (Wildman–Crippen LogP) is 3.42. The summed E-state index contributed by atoms with van der Waals surface area (Å²) in [5, 5.41) is 0. The molecule has 1 unspecified atom stereocenters. The Morgan fingerprint density at radius 1 is 0.957 bits per heavy atom. The monoisotopic (exact) mass is 312 g/mol. The SMILES string of the molecule is CC(CC(=O)OCc1ccccc1)Cc1ccccc1.O=C=O. The highest BCUT2D eigenvalue weighted by Gasteiger charge is 2.11. The Morgan fingerprint density at radius 3 is 1.96 bits per heavy atom. The van der Waals surface area contributed by atoms with Crippen molar-refractivity contribution >= 4 is 12.1 Å². The smallest absolute Gasteiger partial charge is 0.373 e. The summed E-state index contributed by atoms with van der Waals surface area (Å²) in [4.78, 5) is 28.0. The van der Waals surface area contributed by atoms with Crippen molar-refractivity contribution in [2.24, 2.45) is 5.92 Å². The van der Waals surface area contributed by atoms with E-state index >= 15 is 0 Å². The zero-order valence-electron chi connectivity index (χ0n) is 13.1. The predicted molar refractivity (Wildman–Crippen MR) is 85.2 cm³/mol. The maximum atomic E-state index is 11.8. The fourth-order valence-electron chi connectivity index (χ4n) is 2.17. The van der Waals surface area contributed by atoms with E-state index in [-0.39, 0.29) is 12.1 Å². The standard InChI is InChI=1S/C18H20O2.CO2/c1-15(12-16-8-4-2-5-9-16)13-18(19)20-14-17-10-6-3-7-11-17;2-1-3/h2-11,15H,12-14H2,1H3;. The number of benzene rings is 2. The first-order valence-electron chi connectivity index (χ1n) is 7.38. The van der Waals surface area contributed by atoms with Crippen LogP contribution in [0.15, 0.2) is 60.7 Å². The minimum absolute atomic E-state index is 0.128. The van der Waals surface area contributed by atoms with Crippen molar-refractivity contribution in [2.75, 3.05) is 0 Å². The van der Waals surface area contributed by atoms with Crippen molar-refractivity contribution in [1.29, 1.82) is 0 Å². The third-order valence-corrected chi connectivity index (χ3v) is 3.18. The van der Waals surface area contributed by atoms with Gasteiger partial charge in [-0.15, -0.1) is 0 Å². The molecule has 0 heterocycles. The lowest BCUT2D eigenvalue weighted by molar-refractivity contribution is -0.191. The quantitative estimate of drug-likeness (QED) is 0.767. The van der Waals surface area contributed by atoms with Gasteiger partial charge in [-0.25, -0.2) is 0 Å². The van der Waals surface area contributed by atoms with Crippen molar-refractivity contribution in [3.63, 3.8) is 0 Å². The third-order valence-electron chi connectivity index (χ3n) is 3.18. The van der Waals surface area contributed by atoms with Crippen LogP contribution in [0.4, 0.5) is 0 Å². The second-order valence-corrected chi connectivity index (χ2v) is 5.23. The van der Waals surface area contributed by atoms with E-state index in [1.165, 1.54) is 5.56 Å². The van der Waals surface area contributed by atoms with Crippen LogP contribution in [-0.4, -0.2) is 12.1 Å². The van der Waals surface area contributed by atoms with Gasteiger partial charge in [-0.3, -0.25) is 4.79 Å². The lowest BCUT2D eigenvalue weighted by Gasteiger charge is -2.11. The van der Waals surface area contributed by atoms with Gasteiger partial charge < -0.3 is 4.74 Å². The van der Waals surface area contributed by atoms with Gasteiger partial charge >= 0.3 is 12.1 Å². The molecule has 0 fully saturated rings. The zero-order chi connectivity index (χ0) is 16.9. The van der Waals surface area contributed by atoms with Crippen LogP contribution in [0.3, 0.4) is 0 Å². The Morgan fingerprint density at radius 2 is 1.43 bits per heavy atom. The van der Waals surface area contributed by atoms with Gasteiger partial charge in [-0.1, -0.05) is 67.6 Å². The summed E-state index contributed by atoms with van der Waals surface area (Å²) in [6, 6.07) is 20.0. The zero-order valence-corrected chi connectivity index (χ0v) is 13.1. The second kappa shape index (κ2) is 10.9. The summed E-state index contributed by atoms with van der Waals surface area (Å²) in [6.45, 7) is 2.44. The number of carbonyl (C=O) groups excluding carboxylic acids is 3. The number of hydrogen-bond donors (Lipinski definition) is 0. The topological polar surface area (TPSA) is 60.4 Å². The number of esters is 1. The van der Waals surface area contributed by atoms with Crippen LogP contribution in [0.5, 0.6) is 0 Å². The third kappa shape index (κ3) is 8.34. The molecule has 0 aliphatic heterocycles. The highest BCUT2D eigenvalue weighted by molar-refractivity contribution is 5.69. The van der Waals surface area contributed by atoms with E-state index in [4.69, 9.17) is 14.3 Å². The minimum atomic E-state index is -0.128. The average molecular weight is 312 g/mol. The first-order chi connectivity index (χ1) is 11.2. The van der Waals surface area contributed by atoms with Crippen LogP contribution >= 0.6 is 0 Å². The Balaban J connectivity index is 0.000000816. The lowest BCUT2D eigenvalue weighted by atomic mass is 9.98. The Labute approximate surface area is 136 Å². The molecule has 0 aliphatic rings. The molecule has 4 nitrogen and oxygen atoms in total. The molecule has 2 aromatic rings. The van der Waals surface area contributed by atoms with Gasteiger partial charge in [0.1, 0.15) is 6.61 Å². The molecule has 0 aliphatic carbocycles. The molecule has 0 spiro atoms.